The number of nitrogens with zero attached hydrogens (tertiary/aromatic N) is 1. The Labute approximate surface area is 131 Å². The summed E-state index contributed by atoms with van der Waals surface area (Å²) in [4.78, 5) is 2.41. The van der Waals surface area contributed by atoms with Gasteiger partial charge in [0.15, 0.2) is 0 Å². The van der Waals surface area contributed by atoms with Crippen LogP contribution in [0.2, 0.25) is 10.0 Å². The molecule has 2 N–H and O–H groups in total. The van der Waals surface area contributed by atoms with Crippen LogP contribution in [0.4, 0.5) is 0 Å². The smallest absolute Gasteiger partial charge is 0.0856 e. The van der Waals surface area contributed by atoms with Crippen molar-refractivity contribution in [2.24, 2.45) is 5.73 Å². The molecule has 1 aliphatic rings. The molecule has 1 aliphatic heterocycles. The molecule has 0 aliphatic carbocycles. The molecule has 0 amide bonds. The van der Waals surface area contributed by atoms with Gasteiger partial charge in [-0.3, -0.25) is 4.90 Å². The van der Waals surface area contributed by atoms with Crippen molar-refractivity contribution in [1.82, 2.24) is 4.90 Å². The van der Waals surface area contributed by atoms with Gasteiger partial charge in [0.2, 0.25) is 0 Å². The normalized spacial score (nSPS) is 21.9. The molecule has 0 bridgehead atoms. The van der Waals surface area contributed by atoms with Crippen molar-refractivity contribution < 1.29 is 4.74 Å². The van der Waals surface area contributed by atoms with E-state index < -0.39 is 0 Å². The molecule has 5 heteroatoms. The predicted octanol–water partition coefficient (Wildman–Crippen LogP) is 2.97. The number of halogens is 2. The Bertz CT molecular complexity index is 440. The fraction of sp³-hybridized carbons (Fsp3) is 0.600. The lowest BCUT2D eigenvalue weighted by Gasteiger charge is -2.35. The lowest BCUT2D eigenvalue weighted by atomic mass is 10.0. The second-order valence-electron chi connectivity index (χ2n) is 5.29. The molecule has 1 heterocycles. The van der Waals surface area contributed by atoms with Crippen molar-refractivity contribution in [2.45, 2.75) is 31.9 Å². The quantitative estimate of drug-likeness (QED) is 0.907. The van der Waals surface area contributed by atoms with Crippen molar-refractivity contribution in [3.8, 4) is 0 Å². The molecule has 112 valence electrons. The minimum Gasteiger partial charge on any atom is -0.374 e. The Hall–Kier alpha value is -0.320. The number of ether oxygens (including phenoxy) is 1. The summed E-state index contributed by atoms with van der Waals surface area (Å²) < 4.78 is 5.82. The molecule has 2 atom stereocenters. The molecule has 1 fully saturated rings. The van der Waals surface area contributed by atoms with Gasteiger partial charge < -0.3 is 10.5 Å². The van der Waals surface area contributed by atoms with Gasteiger partial charge in [-0.1, -0.05) is 42.3 Å². The summed E-state index contributed by atoms with van der Waals surface area (Å²) in [5, 5.41) is 1.18. The van der Waals surface area contributed by atoms with Gasteiger partial charge in [-0.2, -0.15) is 0 Å². The second-order valence-corrected chi connectivity index (χ2v) is 6.08. The van der Waals surface area contributed by atoms with Gasteiger partial charge in [0, 0.05) is 19.1 Å². The maximum atomic E-state index is 6.30. The van der Waals surface area contributed by atoms with Gasteiger partial charge in [-0.15, -0.1) is 0 Å². The molecular formula is C15H22Cl2N2O. The van der Waals surface area contributed by atoms with E-state index >= 15 is 0 Å². The van der Waals surface area contributed by atoms with Crippen LogP contribution in [0.25, 0.3) is 0 Å². The van der Waals surface area contributed by atoms with E-state index in [0.717, 1.165) is 38.2 Å². The summed E-state index contributed by atoms with van der Waals surface area (Å²) in [6.45, 7) is 5.93. The lowest BCUT2D eigenvalue weighted by Crippen LogP contribution is -2.51. The van der Waals surface area contributed by atoms with Gasteiger partial charge in [0.05, 0.1) is 22.8 Å². The zero-order valence-electron chi connectivity index (χ0n) is 11.8. The molecule has 2 rings (SSSR count). The van der Waals surface area contributed by atoms with Crippen LogP contribution in [0, 0.1) is 0 Å². The Kier molecular flexibility index (Phi) is 6.12. The van der Waals surface area contributed by atoms with Crippen LogP contribution in [0.5, 0.6) is 0 Å². The number of nitrogens with two attached hydrogens (primary N) is 1. The van der Waals surface area contributed by atoms with Gasteiger partial charge in [-0.05, 0) is 31.0 Å². The number of hydrogen-bond donors (Lipinski definition) is 1. The van der Waals surface area contributed by atoms with E-state index in [2.05, 4.69) is 11.8 Å². The highest BCUT2D eigenvalue weighted by molar-refractivity contribution is 6.42. The lowest BCUT2D eigenvalue weighted by molar-refractivity contribution is -0.0400. The van der Waals surface area contributed by atoms with Gasteiger partial charge in [0.1, 0.15) is 0 Å². The van der Waals surface area contributed by atoms with Crippen LogP contribution >= 0.6 is 23.2 Å². The zero-order chi connectivity index (χ0) is 14.5. The molecule has 0 radical (unpaired) electrons. The van der Waals surface area contributed by atoms with Crippen molar-refractivity contribution in [2.75, 3.05) is 26.2 Å². The van der Waals surface area contributed by atoms with E-state index in [4.69, 9.17) is 33.7 Å². The highest BCUT2D eigenvalue weighted by atomic mass is 35.5. The average Bonchev–Trinajstić information content (AvgIpc) is 2.44. The second kappa shape index (κ2) is 7.62. The maximum absolute atomic E-state index is 6.30. The summed E-state index contributed by atoms with van der Waals surface area (Å²) in [6, 6.07) is 5.60. The fourth-order valence-corrected chi connectivity index (χ4v) is 3.00. The van der Waals surface area contributed by atoms with Crippen molar-refractivity contribution >= 4 is 23.2 Å². The topological polar surface area (TPSA) is 38.5 Å². The SMILES string of the molecule is CCCN1CCOC(C(N)Cc2cccc(Cl)c2Cl)C1. The van der Waals surface area contributed by atoms with Crippen molar-refractivity contribution in [3.05, 3.63) is 33.8 Å². The number of morpholine rings is 1. The highest BCUT2D eigenvalue weighted by Crippen LogP contribution is 2.27. The number of benzene rings is 1. The first-order valence-electron chi connectivity index (χ1n) is 7.14. The first-order chi connectivity index (χ1) is 9.61. The van der Waals surface area contributed by atoms with Crippen LogP contribution < -0.4 is 5.73 Å². The molecule has 0 spiro atoms. The summed E-state index contributed by atoms with van der Waals surface area (Å²) in [5.74, 6) is 0. The molecule has 1 aromatic rings. The van der Waals surface area contributed by atoms with Crippen LogP contribution in [-0.2, 0) is 11.2 Å². The first kappa shape index (κ1) is 16.1. The van der Waals surface area contributed by atoms with Gasteiger partial charge >= 0.3 is 0 Å². The third kappa shape index (κ3) is 4.09. The zero-order valence-corrected chi connectivity index (χ0v) is 13.3. The van der Waals surface area contributed by atoms with E-state index in [0.29, 0.717) is 16.5 Å². The minimum atomic E-state index is -0.0642. The Morgan fingerprint density at radius 2 is 2.25 bits per heavy atom. The van der Waals surface area contributed by atoms with E-state index in [1.807, 2.05) is 12.1 Å². The fourth-order valence-electron chi connectivity index (χ4n) is 2.60. The maximum Gasteiger partial charge on any atom is 0.0856 e. The first-order valence-corrected chi connectivity index (χ1v) is 7.89. The number of rotatable bonds is 5. The van der Waals surface area contributed by atoms with E-state index in [1.165, 1.54) is 0 Å². The Morgan fingerprint density at radius 3 is 3.00 bits per heavy atom. The molecule has 2 unspecified atom stereocenters. The standard InChI is InChI=1S/C15H22Cl2N2O/c1-2-6-19-7-8-20-14(10-19)13(18)9-11-4-3-5-12(16)15(11)17/h3-5,13-14H,2,6-10,18H2,1H3. The van der Waals surface area contributed by atoms with E-state index in [-0.39, 0.29) is 12.1 Å². The largest absolute Gasteiger partial charge is 0.374 e. The summed E-state index contributed by atoms with van der Waals surface area (Å²) in [5.41, 5.74) is 7.29. The average molecular weight is 317 g/mol. The molecule has 0 aromatic heterocycles. The van der Waals surface area contributed by atoms with Crippen molar-refractivity contribution in [3.63, 3.8) is 0 Å². The Morgan fingerprint density at radius 1 is 1.45 bits per heavy atom. The van der Waals surface area contributed by atoms with Crippen molar-refractivity contribution in [1.29, 1.82) is 0 Å². The monoisotopic (exact) mass is 316 g/mol. The summed E-state index contributed by atoms with van der Waals surface area (Å²) >= 11 is 12.3. The molecule has 3 nitrogen and oxygen atoms in total. The summed E-state index contributed by atoms with van der Waals surface area (Å²) in [6.07, 6.45) is 1.90. The highest BCUT2D eigenvalue weighted by Gasteiger charge is 2.26. The minimum absolute atomic E-state index is 0.0605. The Balaban J connectivity index is 1.97. The third-order valence-corrected chi connectivity index (χ3v) is 4.54. The number of hydrogen-bond acceptors (Lipinski definition) is 3. The van der Waals surface area contributed by atoms with Crippen LogP contribution in [0.1, 0.15) is 18.9 Å². The van der Waals surface area contributed by atoms with Crippen LogP contribution in [0.3, 0.4) is 0 Å². The van der Waals surface area contributed by atoms with Crippen LogP contribution in [-0.4, -0.2) is 43.3 Å². The van der Waals surface area contributed by atoms with Crippen LogP contribution in [0.15, 0.2) is 18.2 Å². The molecule has 1 saturated heterocycles. The molecule has 20 heavy (non-hydrogen) atoms. The molecule has 1 aromatic carbocycles. The van der Waals surface area contributed by atoms with E-state index in [9.17, 15) is 0 Å². The van der Waals surface area contributed by atoms with Gasteiger partial charge in [0.25, 0.3) is 0 Å². The van der Waals surface area contributed by atoms with Gasteiger partial charge in [-0.25, -0.2) is 0 Å². The molecule has 0 saturated carbocycles. The molecular weight excluding hydrogens is 295 g/mol. The predicted molar refractivity (Wildman–Crippen MR) is 84.6 cm³/mol. The third-order valence-electron chi connectivity index (χ3n) is 3.68. The van der Waals surface area contributed by atoms with E-state index in [1.54, 1.807) is 6.07 Å². The summed E-state index contributed by atoms with van der Waals surface area (Å²) in [7, 11) is 0.